The number of Topliss-reactive ketones (excluding diaryl/α,β-unsaturated/α-hetero) is 1. The lowest BCUT2D eigenvalue weighted by molar-refractivity contribution is -0.117. The Labute approximate surface area is 88.8 Å². The fraction of sp³-hybridized carbons (Fsp3) is 0.364. The van der Waals surface area contributed by atoms with Crippen LogP contribution in [-0.2, 0) is 11.2 Å². The van der Waals surface area contributed by atoms with Crippen LogP contribution in [0.5, 0.6) is 5.75 Å². The van der Waals surface area contributed by atoms with Crippen molar-refractivity contribution in [2.24, 2.45) is 0 Å². The minimum Gasteiger partial charge on any atom is -0.496 e. The van der Waals surface area contributed by atoms with E-state index in [1.807, 2.05) is 24.3 Å². The summed E-state index contributed by atoms with van der Waals surface area (Å²) in [6.07, 6.45) is 0.328. The van der Waals surface area contributed by atoms with Crippen LogP contribution in [0.15, 0.2) is 24.3 Å². The number of carbonyl (C=O) groups is 1. The molecule has 0 heterocycles. The molecule has 0 saturated carbocycles. The van der Waals surface area contributed by atoms with Crippen molar-refractivity contribution >= 4 is 17.4 Å². The van der Waals surface area contributed by atoms with Crippen molar-refractivity contribution in [3.05, 3.63) is 29.8 Å². The number of halogens is 1. The number of para-hydroxylation sites is 1. The van der Waals surface area contributed by atoms with Crippen LogP contribution in [0.2, 0.25) is 0 Å². The predicted molar refractivity (Wildman–Crippen MR) is 57.0 cm³/mol. The Bertz CT molecular complexity index is 321. The Kier molecular flexibility index (Phi) is 3.96. The first-order valence-corrected chi connectivity index (χ1v) is 4.87. The zero-order valence-corrected chi connectivity index (χ0v) is 9.04. The standard InChI is InChI=1S/C11H13ClO2/c1-8(12)10(13)7-9-5-3-4-6-11(9)14-2/h3-6,8H,7H2,1-2H3. The van der Waals surface area contributed by atoms with Gasteiger partial charge in [0, 0.05) is 12.0 Å². The fourth-order valence-electron chi connectivity index (χ4n) is 1.18. The predicted octanol–water partition coefficient (Wildman–Crippen LogP) is 2.43. The SMILES string of the molecule is COc1ccccc1CC(=O)C(C)Cl. The molecule has 0 bridgehead atoms. The summed E-state index contributed by atoms with van der Waals surface area (Å²) in [4.78, 5) is 11.4. The number of ether oxygens (including phenoxy) is 1. The molecule has 1 rings (SSSR count). The van der Waals surface area contributed by atoms with E-state index in [0.29, 0.717) is 6.42 Å². The smallest absolute Gasteiger partial charge is 0.154 e. The first-order valence-electron chi connectivity index (χ1n) is 4.44. The molecule has 0 aliphatic carbocycles. The second kappa shape index (κ2) is 5.01. The van der Waals surface area contributed by atoms with Crippen molar-refractivity contribution in [2.75, 3.05) is 7.11 Å². The molecule has 1 unspecified atom stereocenters. The molecule has 0 N–H and O–H groups in total. The van der Waals surface area contributed by atoms with Gasteiger partial charge in [0.2, 0.25) is 0 Å². The summed E-state index contributed by atoms with van der Waals surface area (Å²) in [5, 5.41) is -0.445. The first kappa shape index (κ1) is 11.1. The van der Waals surface area contributed by atoms with Gasteiger partial charge in [-0.15, -0.1) is 11.6 Å². The van der Waals surface area contributed by atoms with Gasteiger partial charge in [-0.3, -0.25) is 4.79 Å². The molecule has 0 fully saturated rings. The Morgan fingerprint density at radius 3 is 2.71 bits per heavy atom. The minimum atomic E-state index is -0.445. The monoisotopic (exact) mass is 212 g/mol. The van der Waals surface area contributed by atoms with Crippen LogP contribution in [0.1, 0.15) is 12.5 Å². The van der Waals surface area contributed by atoms with Crippen LogP contribution in [0.4, 0.5) is 0 Å². The Balaban J connectivity index is 2.80. The van der Waals surface area contributed by atoms with Gasteiger partial charge in [0.15, 0.2) is 5.78 Å². The number of carbonyl (C=O) groups excluding carboxylic acids is 1. The maximum Gasteiger partial charge on any atom is 0.154 e. The zero-order valence-electron chi connectivity index (χ0n) is 8.29. The molecular formula is C11H13ClO2. The van der Waals surface area contributed by atoms with E-state index in [2.05, 4.69) is 0 Å². The number of methoxy groups -OCH3 is 1. The maximum absolute atomic E-state index is 11.4. The van der Waals surface area contributed by atoms with Crippen molar-refractivity contribution in [3.63, 3.8) is 0 Å². The molecule has 0 amide bonds. The summed E-state index contributed by atoms with van der Waals surface area (Å²) in [6, 6.07) is 7.46. The number of alkyl halides is 1. The highest BCUT2D eigenvalue weighted by Crippen LogP contribution is 2.18. The lowest BCUT2D eigenvalue weighted by Gasteiger charge is -2.07. The van der Waals surface area contributed by atoms with Gasteiger partial charge in [0.05, 0.1) is 12.5 Å². The number of ketones is 1. The molecule has 0 aliphatic rings. The minimum absolute atomic E-state index is 0.0103. The summed E-state index contributed by atoms with van der Waals surface area (Å²) >= 11 is 5.68. The fourth-order valence-corrected chi connectivity index (χ4v) is 1.25. The molecule has 0 saturated heterocycles. The van der Waals surface area contributed by atoms with Crippen molar-refractivity contribution in [1.29, 1.82) is 0 Å². The largest absolute Gasteiger partial charge is 0.496 e. The molecule has 1 atom stereocenters. The molecule has 0 radical (unpaired) electrons. The van der Waals surface area contributed by atoms with Crippen molar-refractivity contribution in [1.82, 2.24) is 0 Å². The molecule has 1 aromatic carbocycles. The van der Waals surface area contributed by atoms with Crippen LogP contribution >= 0.6 is 11.6 Å². The van der Waals surface area contributed by atoms with Gasteiger partial charge in [-0.2, -0.15) is 0 Å². The van der Waals surface area contributed by atoms with Gasteiger partial charge < -0.3 is 4.74 Å². The van der Waals surface area contributed by atoms with Gasteiger partial charge in [-0.25, -0.2) is 0 Å². The topological polar surface area (TPSA) is 26.3 Å². The quantitative estimate of drug-likeness (QED) is 0.717. The highest BCUT2D eigenvalue weighted by atomic mass is 35.5. The van der Waals surface area contributed by atoms with Crippen molar-refractivity contribution in [3.8, 4) is 5.75 Å². The van der Waals surface area contributed by atoms with E-state index in [0.717, 1.165) is 11.3 Å². The molecule has 14 heavy (non-hydrogen) atoms. The number of rotatable bonds is 4. The Morgan fingerprint density at radius 1 is 1.50 bits per heavy atom. The van der Waals surface area contributed by atoms with Crippen LogP contribution in [0.3, 0.4) is 0 Å². The van der Waals surface area contributed by atoms with E-state index < -0.39 is 5.38 Å². The van der Waals surface area contributed by atoms with Crippen LogP contribution < -0.4 is 4.74 Å². The van der Waals surface area contributed by atoms with E-state index in [1.165, 1.54) is 0 Å². The molecule has 0 aromatic heterocycles. The van der Waals surface area contributed by atoms with Crippen LogP contribution in [0, 0.1) is 0 Å². The molecule has 1 aromatic rings. The Morgan fingerprint density at radius 2 is 2.14 bits per heavy atom. The van der Waals surface area contributed by atoms with E-state index in [-0.39, 0.29) is 5.78 Å². The average Bonchev–Trinajstić information content (AvgIpc) is 2.18. The average molecular weight is 213 g/mol. The zero-order chi connectivity index (χ0) is 10.6. The third kappa shape index (κ3) is 2.74. The molecule has 3 heteroatoms. The summed E-state index contributed by atoms with van der Waals surface area (Å²) < 4.78 is 5.13. The van der Waals surface area contributed by atoms with Gasteiger partial charge in [0.1, 0.15) is 5.75 Å². The summed E-state index contributed by atoms with van der Waals surface area (Å²) in [7, 11) is 1.59. The molecule has 0 aliphatic heterocycles. The van der Waals surface area contributed by atoms with Crippen molar-refractivity contribution in [2.45, 2.75) is 18.7 Å². The van der Waals surface area contributed by atoms with E-state index >= 15 is 0 Å². The number of hydrogen-bond donors (Lipinski definition) is 0. The lowest BCUT2D eigenvalue weighted by atomic mass is 10.1. The Hall–Kier alpha value is -1.02. The van der Waals surface area contributed by atoms with E-state index in [4.69, 9.17) is 16.3 Å². The third-order valence-corrected chi connectivity index (χ3v) is 2.24. The molecule has 0 spiro atoms. The van der Waals surface area contributed by atoms with Gasteiger partial charge >= 0.3 is 0 Å². The molecular weight excluding hydrogens is 200 g/mol. The highest BCUT2D eigenvalue weighted by Gasteiger charge is 2.12. The highest BCUT2D eigenvalue weighted by molar-refractivity contribution is 6.30. The summed E-state index contributed by atoms with van der Waals surface area (Å²) in [6.45, 7) is 1.68. The van der Waals surface area contributed by atoms with Crippen LogP contribution in [0.25, 0.3) is 0 Å². The first-order chi connectivity index (χ1) is 6.65. The van der Waals surface area contributed by atoms with E-state index in [1.54, 1.807) is 14.0 Å². The lowest BCUT2D eigenvalue weighted by Crippen LogP contribution is -2.13. The van der Waals surface area contributed by atoms with Crippen LogP contribution in [-0.4, -0.2) is 18.3 Å². The molecule has 2 nitrogen and oxygen atoms in total. The van der Waals surface area contributed by atoms with Gasteiger partial charge in [0.25, 0.3) is 0 Å². The second-order valence-corrected chi connectivity index (χ2v) is 3.73. The van der Waals surface area contributed by atoms with Gasteiger partial charge in [-0.05, 0) is 13.0 Å². The number of benzene rings is 1. The van der Waals surface area contributed by atoms with E-state index in [9.17, 15) is 4.79 Å². The third-order valence-electron chi connectivity index (χ3n) is 2.00. The summed E-state index contributed by atoms with van der Waals surface area (Å²) in [5.41, 5.74) is 0.882. The van der Waals surface area contributed by atoms with Crippen molar-refractivity contribution < 1.29 is 9.53 Å². The van der Waals surface area contributed by atoms with Gasteiger partial charge in [-0.1, -0.05) is 18.2 Å². The normalized spacial score (nSPS) is 12.2. The second-order valence-electron chi connectivity index (χ2n) is 3.07. The molecule has 76 valence electrons. The summed E-state index contributed by atoms with van der Waals surface area (Å²) in [5.74, 6) is 0.745. The number of hydrogen-bond acceptors (Lipinski definition) is 2. The maximum atomic E-state index is 11.4.